The Bertz CT molecular complexity index is 566. The molecule has 2 aliphatic heterocycles. The Kier molecular flexibility index (Phi) is 2.69. The van der Waals surface area contributed by atoms with Gasteiger partial charge < -0.3 is 14.6 Å². The third-order valence-corrected chi connectivity index (χ3v) is 4.62. The lowest BCUT2D eigenvalue weighted by molar-refractivity contribution is 0.436. The van der Waals surface area contributed by atoms with Gasteiger partial charge in [-0.05, 0) is 31.7 Å². The molecule has 4 nitrogen and oxygen atoms in total. The molecular weight excluding hydrogens is 238 g/mol. The van der Waals surface area contributed by atoms with Crippen molar-refractivity contribution in [2.75, 3.05) is 24.5 Å². The minimum atomic E-state index is 0.727. The Morgan fingerprint density at radius 1 is 1.26 bits per heavy atom. The van der Waals surface area contributed by atoms with Crippen LogP contribution >= 0.6 is 0 Å². The van der Waals surface area contributed by atoms with Crippen LogP contribution in [0.1, 0.15) is 19.3 Å². The number of rotatable bonds is 1. The number of nitrogens with zero attached hydrogens (tertiary/aromatic N) is 2. The monoisotopic (exact) mass is 257 g/mol. The van der Waals surface area contributed by atoms with Crippen LogP contribution in [0.25, 0.3) is 11.1 Å². The summed E-state index contributed by atoms with van der Waals surface area (Å²) in [6, 6.07) is 4.76. The molecule has 2 atom stereocenters. The van der Waals surface area contributed by atoms with E-state index in [-0.39, 0.29) is 0 Å². The minimum absolute atomic E-state index is 0.727. The van der Waals surface area contributed by atoms with Crippen molar-refractivity contribution in [3.63, 3.8) is 0 Å². The predicted molar refractivity (Wildman–Crippen MR) is 75.4 cm³/mol. The summed E-state index contributed by atoms with van der Waals surface area (Å²) in [5.74, 6) is 0.866. The van der Waals surface area contributed by atoms with Gasteiger partial charge in [0, 0.05) is 31.3 Å². The molecule has 2 aliphatic rings. The molecule has 0 aromatic carbocycles. The van der Waals surface area contributed by atoms with Gasteiger partial charge in [0.15, 0.2) is 5.58 Å². The van der Waals surface area contributed by atoms with Crippen LogP contribution in [-0.4, -0.2) is 30.7 Å². The highest BCUT2D eigenvalue weighted by Gasteiger charge is 2.30. The van der Waals surface area contributed by atoms with E-state index in [1.54, 1.807) is 6.26 Å². The molecule has 2 aromatic rings. The van der Waals surface area contributed by atoms with Crippen molar-refractivity contribution >= 4 is 16.8 Å². The van der Waals surface area contributed by atoms with E-state index in [2.05, 4.69) is 21.3 Å². The number of pyridine rings is 1. The second-order valence-electron chi connectivity index (χ2n) is 5.67. The Morgan fingerprint density at radius 2 is 2.21 bits per heavy atom. The molecule has 0 saturated carbocycles. The van der Waals surface area contributed by atoms with Crippen LogP contribution in [0.4, 0.5) is 5.69 Å². The third-order valence-electron chi connectivity index (χ3n) is 4.62. The Labute approximate surface area is 112 Å². The molecule has 0 radical (unpaired) electrons. The van der Waals surface area contributed by atoms with E-state index >= 15 is 0 Å². The fourth-order valence-electron chi connectivity index (χ4n) is 3.50. The lowest BCUT2D eigenvalue weighted by Crippen LogP contribution is -2.28. The maximum Gasteiger partial charge on any atom is 0.154 e. The predicted octanol–water partition coefficient (Wildman–Crippen LogP) is 2.41. The number of fused-ring (bicyclic) bond motifs is 2. The van der Waals surface area contributed by atoms with Crippen LogP contribution in [0.2, 0.25) is 0 Å². The maximum atomic E-state index is 5.45. The highest BCUT2D eigenvalue weighted by Crippen LogP contribution is 2.28. The van der Waals surface area contributed by atoms with Gasteiger partial charge in [0.2, 0.25) is 0 Å². The molecule has 2 fully saturated rings. The normalized spacial score (nSPS) is 27.5. The van der Waals surface area contributed by atoms with Crippen LogP contribution in [-0.2, 0) is 0 Å². The number of hydrogen-bond acceptors (Lipinski definition) is 4. The summed E-state index contributed by atoms with van der Waals surface area (Å²) in [6.45, 7) is 3.45. The first-order valence-electron chi connectivity index (χ1n) is 7.22. The van der Waals surface area contributed by atoms with Crippen molar-refractivity contribution in [1.82, 2.24) is 10.3 Å². The summed E-state index contributed by atoms with van der Waals surface area (Å²) < 4.78 is 5.45. The first-order valence-corrected chi connectivity index (χ1v) is 7.22. The van der Waals surface area contributed by atoms with Gasteiger partial charge in [-0.15, -0.1) is 0 Å². The molecule has 0 aliphatic carbocycles. The summed E-state index contributed by atoms with van der Waals surface area (Å²) in [7, 11) is 0. The van der Waals surface area contributed by atoms with Crippen molar-refractivity contribution in [2.24, 2.45) is 5.92 Å². The topological polar surface area (TPSA) is 41.3 Å². The molecule has 1 N–H and O–H groups in total. The second-order valence-corrected chi connectivity index (χ2v) is 5.67. The average Bonchev–Trinajstić information content (AvgIpc) is 3.03. The summed E-state index contributed by atoms with van der Waals surface area (Å²) in [5, 5.41) is 3.64. The zero-order chi connectivity index (χ0) is 12.7. The highest BCUT2D eigenvalue weighted by molar-refractivity contribution is 5.76. The number of anilines is 1. The quantitative estimate of drug-likeness (QED) is 0.851. The summed E-state index contributed by atoms with van der Waals surface area (Å²) >= 11 is 0. The minimum Gasteiger partial charge on any atom is -0.463 e. The van der Waals surface area contributed by atoms with Crippen LogP contribution in [0.3, 0.4) is 0 Å². The average molecular weight is 257 g/mol. The molecule has 2 saturated heterocycles. The molecule has 0 unspecified atom stereocenters. The summed E-state index contributed by atoms with van der Waals surface area (Å²) in [4.78, 5) is 6.92. The second kappa shape index (κ2) is 4.53. The molecule has 2 aromatic heterocycles. The Morgan fingerprint density at radius 3 is 3.21 bits per heavy atom. The van der Waals surface area contributed by atoms with E-state index in [4.69, 9.17) is 4.42 Å². The van der Waals surface area contributed by atoms with Crippen molar-refractivity contribution in [2.45, 2.75) is 25.3 Å². The molecule has 0 bridgehead atoms. The maximum absolute atomic E-state index is 5.45. The fourth-order valence-corrected chi connectivity index (χ4v) is 3.50. The van der Waals surface area contributed by atoms with E-state index in [1.807, 2.05) is 12.3 Å². The van der Waals surface area contributed by atoms with Crippen molar-refractivity contribution in [1.29, 1.82) is 0 Å². The van der Waals surface area contributed by atoms with E-state index in [0.717, 1.165) is 36.1 Å². The van der Waals surface area contributed by atoms with E-state index in [9.17, 15) is 0 Å². The van der Waals surface area contributed by atoms with Crippen molar-refractivity contribution < 1.29 is 4.42 Å². The molecule has 0 amide bonds. The number of furan rings is 1. The van der Waals surface area contributed by atoms with Gasteiger partial charge in [0.05, 0.1) is 18.1 Å². The van der Waals surface area contributed by atoms with Gasteiger partial charge in [0.1, 0.15) is 5.52 Å². The van der Waals surface area contributed by atoms with Crippen LogP contribution in [0.5, 0.6) is 0 Å². The molecular formula is C15H19N3O. The first-order chi connectivity index (χ1) is 9.40. The molecule has 4 heteroatoms. The van der Waals surface area contributed by atoms with Crippen LogP contribution < -0.4 is 10.2 Å². The highest BCUT2D eigenvalue weighted by atomic mass is 16.3. The molecule has 0 spiro atoms. The SMILES string of the molecule is c1cc2ncc(N3CC[C@H]4CCN[C@H]4CC3)cc2o1. The Balaban J connectivity index is 1.58. The lowest BCUT2D eigenvalue weighted by Gasteiger charge is -2.22. The third kappa shape index (κ3) is 2.00. The number of aromatic nitrogens is 1. The van der Waals surface area contributed by atoms with Gasteiger partial charge in [0.25, 0.3) is 0 Å². The van der Waals surface area contributed by atoms with Crippen LogP contribution in [0, 0.1) is 5.92 Å². The summed E-state index contributed by atoms with van der Waals surface area (Å²) in [6.07, 6.45) is 7.55. The first kappa shape index (κ1) is 11.3. The van der Waals surface area contributed by atoms with Gasteiger partial charge in [-0.3, -0.25) is 4.98 Å². The zero-order valence-corrected chi connectivity index (χ0v) is 11.0. The van der Waals surface area contributed by atoms with Gasteiger partial charge in [-0.25, -0.2) is 0 Å². The smallest absolute Gasteiger partial charge is 0.154 e. The van der Waals surface area contributed by atoms with Gasteiger partial charge in [-0.1, -0.05) is 0 Å². The largest absolute Gasteiger partial charge is 0.463 e. The molecule has 100 valence electrons. The standard InChI is InChI=1S/C15H19N3O/c1-5-16-13-3-7-18(6-2-11(1)13)12-9-15-14(17-10-12)4-8-19-15/h4,8-11,13,16H,1-3,5-7H2/t11-,13+/m1/s1. The molecule has 19 heavy (non-hydrogen) atoms. The lowest BCUT2D eigenvalue weighted by atomic mass is 9.96. The van der Waals surface area contributed by atoms with Gasteiger partial charge in [-0.2, -0.15) is 0 Å². The fraction of sp³-hybridized carbons (Fsp3) is 0.533. The zero-order valence-electron chi connectivity index (χ0n) is 11.0. The van der Waals surface area contributed by atoms with E-state index < -0.39 is 0 Å². The van der Waals surface area contributed by atoms with Gasteiger partial charge >= 0.3 is 0 Å². The van der Waals surface area contributed by atoms with Crippen LogP contribution in [0.15, 0.2) is 29.0 Å². The number of nitrogens with one attached hydrogen (secondary N) is 1. The van der Waals surface area contributed by atoms with Crippen molar-refractivity contribution in [3.05, 3.63) is 24.6 Å². The van der Waals surface area contributed by atoms with Crippen molar-refractivity contribution in [3.8, 4) is 0 Å². The summed E-state index contributed by atoms with van der Waals surface area (Å²) in [5.41, 5.74) is 3.03. The van der Waals surface area contributed by atoms with E-state index in [0.29, 0.717) is 0 Å². The van der Waals surface area contributed by atoms with E-state index in [1.165, 1.54) is 31.5 Å². The number of hydrogen-bond donors (Lipinski definition) is 1. The molecule has 4 heterocycles. The molecule has 4 rings (SSSR count). The Hall–Kier alpha value is -1.55.